The van der Waals surface area contributed by atoms with Crippen LogP contribution < -0.4 is 11.3 Å². The van der Waals surface area contributed by atoms with E-state index < -0.39 is 0 Å². The van der Waals surface area contributed by atoms with Crippen molar-refractivity contribution in [3.63, 3.8) is 0 Å². The fraction of sp³-hybridized carbons (Fsp3) is 0.111. The molecule has 0 aromatic carbocycles. The van der Waals surface area contributed by atoms with Gasteiger partial charge in [-0.15, -0.1) is 0 Å². The van der Waals surface area contributed by atoms with Crippen LogP contribution in [0.5, 0.6) is 0 Å². The van der Waals surface area contributed by atoms with Gasteiger partial charge in [-0.3, -0.25) is 14.3 Å². The second kappa shape index (κ2) is 3.87. The van der Waals surface area contributed by atoms with Gasteiger partial charge in [-0.2, -0.15) is 0 Å². The number of nitrogens with two attached hydrogens (primary N) is 1. The number of hydrogen-bond acceptors (Lipinski definition) is 5. The molecule has 0 aliphatic heterocycles. The minimum absolute atomic E-state index is 0.122. The molecule has 2 aromatic rings. The van der Waals surface area contributed by atoms with Crippen LogP contribution in [-0.4, -0.2) is 19.5 Å². The Bertz CT molecular complexity index is 504. The van der Waals surface area contributed by atoms with Gasteiger partial charge in [0, 0.05) is 12.3 Å². The average molecular weight is 203 g/mol. The molecular formula is C9H9N5O. The summed E-state index contributed by atoms with van der Waals surface area (Å²) in [6, 6.07) is 1.39. The van der Waals surface area contributed by atoms with Gasteiger partial charge < -0.3 is 5.73 Å². The first-order chi connectivity index (χ1) is 7.25. The average Bonchev–Trinajstić information content (AvgIpc) is 2.25. The molecule has 2 N–H and O–H groups in total. The summed E-state index contributed by atoms with van der Waals surface area (Å²) in [4.78, 5) is 23.1. The van der Waals surface area contributed by atoms with Gasteiger partial charge in [0.25, 0.3) is 5.56 Å². The van der Waals surface area contributed by atoms with Gasteiger partial charge in [0.2, 0.25) is 0 Å². The molecule has 0 aliphatic carbocycles. The lowest BCUT2D eigenvalue weighted by atomic mass is 10.4. The molecule has 0 amide bonds. The Morgan fingerprint density at radius 2 is 2.20 bits per heavy atom. The molecule has 0 spiro atoms. The van der Waals surface area contributed by atoms with E-state index in [4.69, 9.17) is 5.73 Å². The first kappa shape index (κ1) is 9.32. The summed E-state index contributed by atoms with van der Waals surface area (Å²) in [5.41, 5.74) is 5.94. The highest BCUT2D eigenvalue weighted by Crippen LogP contribution is 1.97. The van der Waals surface area contributed by atoms with Gasteiger partial charge in [-0.1, -0.05) is 0 Å². The second-order valence-electron chi connectivity index (χ2n) is 2.98. The highest BCUT2D eigenvalue weighted by atomic mass is 16.1. The molecule has 76 valence electrons. The van der Waals surface area contributed by atoms with Gasteiger partial charge in [0.05, 0.1) is 31.0 Å². The van der Waals surface area contributed by atoms with E-state index in [9.17, 15) is 4.79 Å². The molecule has 0 saturated heterocycles. The van der Waals surface area contributed by atoms with E-state index >= 15 is 0 Å². The van der Waals surface area contributed by atoms with Crippen LogP contribution in [0, 0.1) is 0 Å². The van der Waals surface area contributed by atoms with Crippen molar-refractivity contribution < 1.29 is 0 Å². The fourth-order valence-corrected chi connectivity index (χ4v) is 1.12. The molecule has 6 heteroatoms. The third kappa shape index (κ3) is 2.16. The minimum Gasteiger partial charge on any atom is -0.382 e. The summed E-state index contributed by atoms with van der Waals surface area (Å²) < 4.78 is 1.44. The van der Waals surface area contributed by atoms with Gasteiger partial charge >= 0.3 is 0 Å². The van der Waals surface area contributed by atoms with E-state index in [1.165, 1.54) is 35.6 Å². The molecule has 0 radical (unpaired) electrons. The molecule has 6 nitrogen and oxygen atoms in total. The Morgan fingerprint density at radius 3 is 2.87 bits per heavy atom. The summed E-state index contributed by atoms with van der Waals surface area (Å²) in [7, 11) is 0. The number of nitrogen functional groups attached to an aromatic ring is 1. The van der Waals surface area contributed by atoms with Crippen LogP contribution in [0.4, 0.5) is 5.82 Å². The Hall–Kier alpha value is -2.24. The van der Waals surface area contributed by atoms with Crippen LogP contribution in [-0.2, 0) is 6.54 Å². The number of anilines is 1. The second-order valence-corrected chi connectivity index (χ2v) is 2.98. The Labute approximate surface area is 85.4 Å². The van der Waals surface area contributed by atoms with Crippen molar-refractivity contribution in [1.82, 2.24) is 19.5 Å². The fourth-order valence-electron chi connectivity index (χ4n) is 1.12. The molecule has 2 rings (SSSR count). The topological polar surface area (TPSA) is 86.7 Å². The van der Waals surface area contributed by atoms with Crippen LogP contribution in [0.15, 0.2) is 35.8 Å². The third-order valence-electron chi connectivity index (χ3n) is 1.85. The summed E-state index contributed by atoms with van der Waals surface area (Å²) in [5, 5.41) is 0. The first-order valence-electron chi connectivity index (χ1n) is 4.32. The quantitative estimate of drug-likeness (QED) is 0.721. The molecule has 0 saturated carbocycles. The van der Waals surface area contributed by atoms with Crippen molar-refractivity contribution in [1.29, 1.82) is 0 Å². The maximum Gasteiger partial charge on any atom is 0.253 e. The first-order valence-corrected chi connectivity index (χ1v) is 4.32. The number of nitrogens with zero attached hydrogens (tertiary/aromatic N) is 4. The molecule has 0 bridgehead atoms. The van der Waals surface area contributed by atoms with Crippen molar-refractivity contribution in [2.24, 2.45) is 0 Å². The predicted octanol–water partition coefficient (Wildman–Crippen LogP) is -0.336. The van der Waals surface area contributed by atoms with E-state index in [-0.39, 0.29) is 5.56 Å². The largest absolute Gasteiger partial charge is 0.382 e. The number of hydrogen-bond donors (Lipinski definition) is 1. The van der Waals surface area contributed by atoms with Crippen molar-refractivity contribution in [2.45, 2.75) is 6.54 Å². The van der Waals surface area contributed by atoms with E-state index in [0.29, 0.717) is 18.1 Å². The van der Waals surface area contributed by atoms with Crippen LogP contribution in [0.25, 0.3) is 0 Å². The van der Waals surface area contributed by atoms with Gasteiger partial charge in [-0.05, 0) is 0 Å². The molecule has 2 aromatic heterocycles. The molecule has 0 unspecified atom stereocenters. The van der Waals surface area contributed by atoms with Crippen LogP contribution in [0.3, 0.4) is 0 Å². The van der Waals surface area contributed by atoms with E-state index in [1.807, 2.05) is 0 Å². The Kier molecular flexibility index (Phi) is 2.40. The number of aromatic nitrogens is 4. The van der Waals surface area contributed by atoms with Crippen molar-refractivity contribution in [2.75, 3.05) is 5.73 Å². The van der Waals surface area contributed by atoms with Crippen molar-refractivity contribution >= 4 is 5.82 Å². The zero-order valence-corrected chi connectivity index (χ0v) is 7.87. The predicted molar refractivity (Wildman–Crippen MR) is 54.0 cm³/mol. The summed E-state index contributed by atoms with van der Waals surface area (Å²) >= 11 is 0. The maximum absolute atomic E-state index is 11.3. The van der Waals surface area contributed by atoms with Crippen LogP contribution in [0.2, 0.25) is 0 Å². The molecule has 0 atom stereocenters. The van der Waals surface area contributed by atoms with Crippen LogP contribution in [0.1, 0.15) is 5.69 Å². The third-order valence-corrected chi connectivity index (χ3v) is 1.85. The van der Waals surface area contributed by atoms with Crippen molar-refractivity contribution in [3.05, 3.63) is 47.0 Å². The molecule has 0 aliphatic rings. The monoisotopic (exact) mass is 203 g/mol. The maximum atomic E-state index is 11.3. The van der Waals surface area contributed by atoms with Gasteiger partial charge in [0.15, 0.2) is 0 Å². The van der Waals surface area contributed by atoms with E-state index in [2.05, 4.69) is 15.0 Å². The van der Waals surface area contributed by atoms with Crippen molar-refractivity contribution in [3.8, 4) is 0 Å². The smallest absolute Gasteiger partial charge is 0.253 e. The zero-order valence-electron chi connectivity index (χ0n) is 7.87. The van der Waals surface area contributed by atoms with Gasteiger partial charge in [-0.25, -0.2) is 9.97 Å². The van der Waals surface area contributed by atoms with E-state index in [1.54, 1.807) is 0 Å². The lowest BCUT2D eigenvalue weighted by Crippen LogP contribution is -2.19. The minimum atomic E-state index is -0.122. The SMILES string of the molecule is Nc1cnc(Cn2cnccc2=O)cn1. The highest BCUT2D eigenvalue weighted by molar-refractivity contribution is 5.22. The molecule has 0 fully saturated rings. The lowest BCUT2D eigenvalue weighted by molar-refractivity contribution is 0.715. The lowest BCUT2D eigenvalue weighted by Gasteiger charge is -2.02. The molecule has 2 heterocycles. The standard InChI is InChI=1S/C9H9N5O/c10-8-4-12-7(3-13-8)5-14-6-11-2-1-9(14)15/h1-4,6H,5H2,(H2,10,13). The Morgan fingerprint density at radius 1 is 1.33 bits per heavy atom. The van der Waals surface area contributed by atoms with Gasteiger partial charge in [0.1, 0.15) is 5.82 Å². The summed E-state index contributed by atoms with van der Waals surface area (Å²) in [5.74, 6) is 0.359. The molecule has 15 heavy (non-hydrogen) atoms. The Balaban J connectivity index is 2.26. The number of rotatable bonds is 2. The zero-order chi connectivity index (χ0) is 10.7. The van der Waals surface area contributed by atoms with E-state index in [0.717, 1.165) is 0 Å². The highest BCUT2D eigenvalue weighted by Gasteiger charge is 1.98. The summed E-state index contributed by atoms with van der Waals surface area (Å²) in [6.45, 7) is 0.347. The summed E-state index contributed by atoms with van der Waals surface area (Å²) in [6.07, 6.45) is 5.90. The molecular weight excluding hydrogens is 194 g/mol. The normalized spacial score (nSPS) is 10.1. The van der Waals surface area contributed by atoms with Crippen LogP contribution >= 0.6 is 0 Å².